The third-order valence-electron chi connectivity index (χ3n) is 2.41. The van der Waals surface area contributed by atoms with Crippen LogP contribution in [0.2, 0.25) is 0 Å². The lowest BCUT2D eigenvalue weighted by Gasteiger charge is -2.29. The van der Waals surface area contributed by atoms with Gasteiger partial charge in [0.15, 0.2) is 0 Å². The van der Waals surface area contributed by atoms with Crippen molar-refractivity contribution in [3.63, 3.8) is 0 Å². The second kappa shape index (κ2) is 3.70. The van der Waals surface area contributed by atoms with Gasteiger partial charge in [0, 0.05) is 12.0 Å². The molecule has 1 fully saturated rings. The molecule has 0 saturated heterocycles. The Morgan fingerprint density at radius 3 is 2.64 bits per heavy atom. The number of nitriles is 1. The SMILES string of the molecule is N#CC(O)C1CCCCC1N. The summed E-state index contributed by atoms with van der Waals surface area (Å²) in [5.41, 5.74) is 5.74. The van der Waals surface area contributed by atoms with Crippen LogP contribution in [-0.2, 0) is 0 Å². The van der Waals surface area contributed by atoms with Crippen molar-refractivity contribution in [2.75, 3.05) is 0 Å². The zero-order chi connectivity index (χ0) is 8.27. The molecule has 3 unspecified atom stereocenters. The van der Waals surface area contributed by atoms with Crippen molar-refractivity contribution in [2.24, 2.45) is 11.7 Å². The van der Waals surface area contributed by atoms with Crippen molar-refractivity contribution in [1.82, 2.24) is 0 Å². The monoisotopic (exact) mass is 154 g/mol. The fraction of sp³-hybridized carbons (Fsp3) is 0.875. The van der Waals surface area contributed by atoms with Crippen LogP contribution in [0, 0.1) is 17.2 Å². The molecule has 3 atom stereocenters. The summed E-state index contributed by atoms with van der Waals surface area (Å²) in [5.74, 6) is 0.00810. The molecular weight excluding hydrogens is 140 g/mol. The van der Waals surface area contributed by atoms with Gasteiger partial charge in [-0.25, -0.2) is 0 Å². The van der Waals surface area contributed by atoms with Gasteiger partial charge in [-0.15, -0.1) is 0 Å². The molecule has 1 aliphatic carbocycles. The van der Waals surface area contributed by atoms with Crippen LogP contribution in [0.15, 0.2) is 0 Å². The lowest BCUT2D eigenvalue weighted by Crippen LogP contribution is -2.39. The van der Waals surface area contributed by atoms with E-state index in [0.717, 1.165) is 25.7 Å². The highest BCUT2D eigenvalue weighted by Crippen LogP contribution is 2.25. The Balaban J connectivity index is 2.48. The minimum Gasteiger partial charge on any atom is -0.378 e. The number of rotatable bonds is 1. The molecule has 62 valence electrons. The maximum absolute atomic E-state index is 9.21. The minimum atomic E-state index is -0.856. The summed E-state index contributed by atoms with van der Waals surface area (Å²) in [6.07, 6.45) is 3.22. The normalized spacial score (nSPS) is 34.3. The molecular formula is C8H14N2O. The van der Waals surface area contributed by atoms with E-state index >= 15 is 0 Å². The first kappa shape index (κ1) is 8.51. The van der Waals surface area contributed by atoms with Crippen molar-refractivity contribution in [1.29, 1.82) is 5.26 Å². The molecule has 0 aromatic carbocycles. The largest absolute Gasteiger partial charge is 0.378 e. The fourth-order valence-electron chi connectivity index (χ4n) is 1.68. The number of aliphatic hydroxyl groups excluding tert-OH is 1. The van der Waals surface area contributed by atoms with Gasteiger partial charge in [-0.1, -0.05) is 12.8 Å². The van der Waals surface area contributed by atoms with E-state index < -0.39 is 6.10 Å². The molecule has 3 N–H and O–H groups in total. The van der Waals surface area contributed by atoms with Gasteiger partial charge in [-0.3, -0.25) is 0 Å². The Labute approximate surface area is 66.8 Å². The molecule has 0 bridgehead atoms. The lowest BCUT2D eigenvalue weighted by atomic mass is 9.82. The van der Waals surface area contributed by atoms with Crippen LogP contribution in [0.4, 0.5) is 0 Å². The first-order chi connectivity index (χ1) is 5.25. The van der Waals surface area contributed by atoms with E-state index in [4.69, 9.17) is 11.0 Å². The molecule has 0 spiro atoms. The summed E-state index contributed by atoms with van der Waals surface area (Å²) >= 11 is 0. The zero-order valence-electron chi connectivity index (χ0n) is 6.53. The van der Waals surface area contributed by atoms with Gasteiger partial charge in [-0.2, -0.15) is 5.26 Å². The summed E-state index contributed by atoms with van der Waals surface area (Å²) in [4.78, 5) is 0. The number of hydrogen-bond acceptors (Lipinski definition) is 3. The summed E-state index contributed by atoms with van der Waals surface area (Å²) in [5, 5.41) is 17.7. The van der Waals surface area contributed by atoms with Crippen LogP contribution < -0.4 is 5.73 Å². The Bertz CT molecular complexity index is 164. The number of nitrogens with zero attached hydrogens (tertiary/aromatic N) is 1. The summed E-state index contributed by atoms with van der Waals surface area (Å²) in [6, 6.07) is 1.87. The van der Waals surface area contributed by atoms with E-state index in [1.54, 1.807) is 0 Å². The smallest absolute Gasteiger partial charge is 0.144 e. The Hall–Kier alpha value is -0.590. The van der Waals surface area contributed by atoms with E-state index in [2.05, 4.69) is 0 Å². The Morgan fingerprint density at radius 1 is 1.45 bits per heavy atom. The maximum Gasteiger partial charge on any atom is 0.144 e. The van der Waals surface area contributed by atoms with Gasteiger partial charge in [0.2, 0.25) is 0 Å². The van der Waals surface area contributed by atoms with Crippen LogP contribution in [0.25, 0.3) is 0 Å². The van der Waals surface area contributed by atoms with Gasteiger partial charge < -0.3 is 10.8 Å². The topological polar surface area (TPSA) is 70.0 Å². The first-order valence-corrected chi connectivity index (χ1v) is 4.09. The standard InChI is InChI=1S/C8H14N2O/c9-5-8(11)6-3-1-2-4-7(6)10/h6-8,11H,1-4,10H2. The van der Waals surface area contributed by atoms with Crippen LogP contribution in [0.1, 0.15) is 25.7 Å². The summed E-state index contributed by atoms with van der Waals surface area (Å²) in [6.45, 7) is 0. The average Bonchev–Trinajstić information content (AvgIpc) is 2.04. The third-order valence-corrected chi connectivity index (χ3v) is 2.41. The Morgan fingerprint density at radius 2 is 2.09 bits per heavy atom. The zero-order valence-corrected chi connectivity index (χ0v) is 6.53. The predicted molar refractivity (Wildman–Crippen MR) is 41.6 cm³/mol. The van der Waals surface area contributed by atoms with E-state index in [1.165, 1.54) is 0 Å². The van der Waals surface area contributed by atoms with Crippen molar-refractivity contribution in [2.45, 2.75) is 37.8 Å². The molecule has 1 rings (SSSR count). The molecule has 0 aromatic heterocycles. The van der Waals surface area contributed by atoms with Crippen LogP contribution >= 0.6 is 0 Å². The van der Waals surface area contributed by atoms with E-state index in [1.807, 2.05) is 6.07 Å². The van der Waals surface area contributed by atoms with Crippen LogP contribution in [0.3, 0.4) is 0 Å². The van der Waals surface area contributed by atoms with Crippen LogP contribution in [0.5, 0.6) is 0 Å². The average molecular weight is 154 g/mol. The molecule has 0 aliphatic heterocycles. The van der Waals surface area contributed by atoms with Gasteiger partial charge in [0.05, 0.1) is 6.07 Å². The highest BCUT2D eigenvalue weighted by molar-refractivity contribution is 4.94. The number of aliphatic hydroxyl groups is 1. The molecule has 0 aromatic rings. The van der Waals surface area contributed by atoms with Crippen molar-refractivity contribution >= 4 is 0 Å². The maximum atomic E-state index is 9.21. The van der Waals surface area contributed by atoms with E-state index in [-0.39, 0.29) is 12.0 Å². The second-order valence-electron chi connectivity index (χ2n) is 3.19. The number of hydrogen-bond donors (Lipinski definition) is 2. The molecule has 0 radical (unpaired) electrons. The summed E-state index contributed by atoms with van der Waals surface area (Å²) < 4.78 is 0. The van der Waals surface area contributed by atoms with E-state index in [0.29, 0.717) is 0 Å². The lowest BCUT2D eigenvalue weighted by molar-refractivity contribution is 0.116. The van der Waals surface area contributed by atoms with E-state index in [9.17, 15) is 5.11 Å². The van der Waals surface area contributed by atoms with Gasteiger partial charge in [0.1, 0.15) is 6.10 Å². The van der Waals surface area contributed by atoms with Crippen molar-refractivity contribution in [3.05, 3.63) is 0 Å². The highest BCUT2D eigenvalue weighted by atomic mass is 16.3. The molecule has 0 heterocycles. The van der Waals surface area contributed by atoms with Crippen molar-refractivity contribution in [3.8, 4) is 6.07 Å². The van der Waals surface area contributed by atoms with Crippen LogP contribution in [-0.4, -0.2) is 17.3 Å². The minimum absolute atomic E-state index is 0.00810. The van der Waals surface area contributed by atoms with Gasteiger partial charge >= 0.3 is 0 Å². The first-order valence-electron chi connectivity index (χ1n) is 4.09. The fourth-order valence-corrected chi connectivity index (χ4v) is 1.68. The highest BCUT2D eigenvalue weighted by Gasteiger charge is 2.27. The molecule has 0 amide bonds. The van der Waals surface area contributed by atoms with Crippen molar-refractivity contribution < 1.29 is 5.11 Å². The van der Waals surface area contributed by atoms with Gasteiger partial charge in [0.25, 0.3) is 0 Å². The third kappa shape index (κ3) is 1.92. The summed E-state index contributed by atoms with van der Waals surface area (Å²) in [7, 11) is 0. The van der Waals surface area contributed by atoms with Gasteiger partial charge in [-0.05, 0) is 12.8 Å². The molecule has 3 heteroatoms. The Kier molecular flexibility index (Phi) is 2.86. The predicted octanol–water partition coefficient (Wildman–Crippen LogP) is 0.388. The number of nitrogens with two attached hydrogens (primary N) is 1. The molecule has 1 aliphatic rings. The second-order valence-corrected chi connectivity index (χ2v) is 3.19. The molecule has 11 heavy (non-hydrogen) atoms. The molecule has 1 saturated carbocycles. The quantitative estimate of drug-likeness (QED) is 0.537. The molecule has 3 nitrogen and oxygen atoms in total.